The van der Waals surface area contributed by atoms with Crippen molar-refractivity contribution in [1.29, 1.82) is 0 Å². The first-order valence-electron chi connectivity index (χ1n) is 5.77. The van der Waals surface area contributed by atoms with E-state index < -0.39 is 5.97 Å². The predicted octanol–water partition coefficient (Wildman–Crippen LogP) is 2.45. The number of carbonyl (C=O) groups excluding carboxylic acids is 1. The molecule has 1 aromatic heterocycles. The second kappa shape index (κ2) is 5.75. The third kappa shape index (κ3) is 2.87. The van der Waals surface area contributed by atoms with Crippen LogP contribution in [0.4, 0.5) is 0 Å². The third-order valence-electron chi connectivity index (χ3n) is 3.17. The molecule has 1 heterocycles. The van der Waals surface area contributed by atoms with Crippen LogP contribution in [0.5, 0.6) is 0 Å². The van der Waals surface area contributed by atoms with Gasteiger partial charge in [-0.15, -0.1) is 23.1 Å². The zero-order valence-electron chi connectivity index (χ0n) is 10.0. The number of hydrogen-bond acceptors (Lipinski definition) is 4. The minimum absolute atomic E-state index is 0.00425. The van der Waals surface area contributed by atoms with Gasteiger partial charge in [-0.05, 0) is 37.0 Å². The smallest absolute Gasteiger partial charge is 0.306 e. The van der Waals surface area contributed by atoms with Crippen LogP contribution < -0.4 is 5.32 Å². The molecule has 1 saturated carbocycles. The van der Waals surface area contributed by atoms with Gasteiger partial charge >= 0.3 is 5.97 Å². The van der Waals surface area contributed by atoms with Gasteiger partial charge in [0.25, 0.3) is 5.91 Å². The van der Waals surface area contributed by atoms with Crippen molar-refractivity contribution in [2.75, 3.05) is 6.26 Å². The van der Waals surface area contributed by atoms with Crippen LogP contribution in [0.25, 0.3) is 0 Å². The van der Waals surface area contributed by atoms with Crippen molar-refractivity contribution < 1.29 is 14.7 Å². The molecule has 1 aliphatic carbocycles. The van der Waals surface area contributed by atoms with Gasteiger partial charge in [-0.25, -0.2) is 0 Å². The molecular formula is C12H15NO3S2. The predicted molar refractivity (Wildman–Crippen MR) is 72.3 cm³/mol. The average molecular weight is 285 g/mol. The Morgan fingerprint density at radius 2 is 2.28 bits per heavy atom. The molecule has 1 fully saturated rings. The Morgan fingerprint density at radius 1 is 1.50 bits per heavy atom. The van der Waals surface area contributed by atoms with Crippen molar-refractivity contribution in [1.82, 2.24) is 5.32 Å². The van der Waals surface area contributed by atoms with Gasteiger partial charge in [-0.3, -0.25) is 9.59 Å². The number of aliphatic carboxylic acids is 1. The maximum Gasteiger partial charge on any atom is 0.306 e. The van der Waals surface area contributed by atoms with Gasteiger partial charge in [0.1, 0.15) is 4.88 Å². The van der Waals surface area contributed by atoms with Gasteiger partial charge in [0, 0.05) is 10.9 Å². The van der Waals surface area contributed by atoms with Gasteiger partial charge in [0.05, 0.1) is 5.92 Å². The SMILES string of the molecule is CSc1ccsc1C(=O)N[C@H]1CC[C@@H](C(=O)O)C1. The molecule has 0 aliphatic heterocycles. The second-order valence-electron chi connectivity index (χ2n) is 4.34. The van der Waals surface area contributed by atoms with Crippen LogP contribution in [0.2, 0.25) is 0 Å². The summed E-state index contributed by atoms with van der Waals surface area (Å²) in [6.07, 6.45) is 3.89. The first kappa shape index (κ1) is 13.4. The maximum absolute atomic E-state index is 12.1. The van der Waals surface area contributed by atoms with Gasteiger partial charge < -0.3 is 10.4 Å². The molecule has 2 rings (SSSR count). The summed E-state index contributed by atoms with van der Waals surface area (Å²) in [6, 6.07) is 1.93. The van der Waals surface area contributed by atoms with Gasteiger partial charge in [-0.2, -0.15) is 0 Å². The van der Waals surface area contributed by atoms with E-state index in [2.05, 4.69) is 5.32 Å². The van der Waals surface area contributed by atoms with Crippen LogP contribution >= 0.6 is 23.1 Å². The molecule has 1 aliphatic rings. The van der Waals surface area contributed by atoms with Gasteiger partial charge in [0.15, 0.2) is 0 Å². The van der Waals surface area contributed by atoms with E-state index in [0.29, 0.717) is 12.8 Å². The van der Waals surface area contributed by atoms with Crippen LogP contribution in [-0.2, 0) is 4.79 Å². The van der Waals surface area contributed by atoms with E-state index in [0.717, 1.165) is 16.2 Å². The highest BCUT2D eigenvalue weighted by molar-refractivity contribution is 7.98. The van der Waals surface area contributed by atoms with Crippen LogP contribution in [0.15, 0.2) is 16.3 Å². The van der Waals surface area contributed by atoms with E-state index in [1.165, 1.54) is 11.3 Å². The lowest BCUT2D eigenvalue weighted by molar-refractivity contribution is -0.141. The number of rotatable bonds is 4. The van der Waals surface area contributed by atoms with Crippen LogP contribution in [0, 0.1) is 5.92 Å². The van der Waals surface area contributed by atoms with E-state index in [4.69, 9.17) is 5.11 Å². The summed E-state index contributed by atoms with van der Waals surface area (Å²) in [5.74, 6) is -1.14. The molecule has 1 amide bonds. The molecule has 0 aromatic carbocycles. The van der Waals surface area contributed by atoms with Gasteiger partial charge in [0.2, 0.25) is 0 Å². The largest absolute Gasteiger partial charge is 0.481 e. The molecule has 4 nitrogen and oxygen atoms in total. The number of carboxylic acid groups (broad SMARTS) is 1. The minimum Gasteiger partial charge on any atom is -0.481 e. The standard InChI is InChI=1S/C12H15NO3S2/c1-17-9-4-5-18-10(9)11(14)13-8-3-2-7(6-8)12(15)16/h4-5,7-8H,2-3,6H2,1H3,(H,13,14)(H,15,16)/t7-,8+/m1/s1. The van der Waals surface area contributed by atoms with Crippen molar-refractivity contribution in [3.05, 3.63) is 16.3 Å². The number of thioether (sulfide) groups is 1. The van der Waals surface area contributed by atoms with E-state index in [9.17, 15) is 9.59 Å². The normalized spacial score (nSPS) is 22.9. The quantitative estimate of drug-likeness (QED) is 0.834. The Bertz CT molecular complexity index is 458. The molecule has 18 heavy (non-hydrogen) atoms. The van der Waals surface area contributed by atoms with Crippen LogP contribution in [0.3, 0.4) is 0 Å². The molecule has 98 valence electrons. The number of thiophene rings is 1. The van der Waals surface area contributed by atoms with Crippen molar-refractivity contribution in [2.45, 2.75) is 30.2 Å². The zero-order valence-corrected chi connectivity index (χ0v) is 11.6. The van der Waals surface area contributed by atoms with Crippen LogP contribution in [-0.4, -0.2) is 29.3 Å². The lowest BCUT2D eigenvalue weighted by Crippen LogP contribution is -2.33. The van der Waals surface area contributed by atoms with Crippen molar-refractivity contribution in [3.8, 4) is 0 Å². The van der Waals surface area contributed by atoms with E-state index in [1.807, 2.05) is 17.7 Å². The number of hydrogen-bond donors (Lipinski definition) is 2. The first-order chi connectivity index (χ1) is 8.61. The summed E-state index contributed by atoms with van der Waals surface area (Å²) < 4.78 is 0. The van der Waals surface area contributed by atoms with E-state index in [-0.39, 0.29) is 17.9 Å². The molecule has 2 N–H and O–H groups in total. The van der Waals surface area contributed by atoms with Crippen molar-refractivity contribution in [3.63, 3.8) is 0 Å². The Labute approximate surface area is 114 Å². The molecule has 0 spiro atoms. The van der Waals surface area contributed by atoms with E-state index >= 15 is 0 Å². The number of amides is 1. The van der Waals surface area contributed by atoms with E-state index in [1.54, 1.807) is 11.8 Å². The summed E-state index contributed by atoms with van der Waals surface area (Å²) >= 11 is 2.97. The zero-order chi connectivity index (χ0) is 13.1. The third-order valence-corrected chi connectivity index (χ3v) is 4.99. The summed E-state index contributed by atoms with van der Waals surface area (Å²) in [5, 5.41) is 13.8. The Balaban J connectivity index is 1.95. The lowest BCUT2D eigenvalue weighted by atomic mass is 10.1. The fraction of sp³-hybridized carbons (Fsp3) is 0.500. The van der Waals surface area contributed by atoms with Crippen molar-refractivity contribution in [2.24, 2.45) is 5.92 Å². The lowest BCUT2D eigenvalue weighted by Gasteiger charge is -2.12. The molecule has 6 heteroatoms. The fourth-order valence-electron chi connectivity index (χ4n) is 2.21. The number of carboxylic acids is 1. The molecular weight excluding hydrogens is 270 g/mol. The monoisotopic (exact) mass is 285 g/mol. The average Bonchev–Trinajstić information content (AvgIpc) is 2.96. The Morgan fingerprint density at radius 3 is 2.89 bits per heavy atom. The number of carbonyl (C=O) groups is 2. The topological polar surface area (TPSA) is 66.4 Å². The summed E-state index contributed by atoms with van der Waals surface area (Å²) in [7, 11) is 0. The highest BCUT2D eigenvalue weighted by Crippen LogP contribution is 2.28. The first-order valence-corrected chi connectivity index (χ1v) is 7.87. The highest BCUT2D eigenvalue weighted by atomic mass is 32.2. The molecule has 0 saturated heterocycles. The number of nitrogens with one attached hydrogen (secondary N) is 1. The highest BCUT2D eigenvalue weighted by Gasteiger charge is 2.31. The summed E-state index contributed by atoms with van der Waals surface area (Å²) in [6.45, 7) is 0. The summed E-state index contributed by atoms with van der Waals surface area (Å²) in [4.78, 5) is 24.6. The molecule has 0 bridgehead atoms. The summed E-state index contributed by atoms with van der Waals surface area (Å²) in [5.41, 5.74) is 0. The van der Waals surface area contributed by atoms with Crippen LogP contribution in [0.1, 0.15) is 28.9 Å². The Kier molecular flexibility index (Phi) is 4.29. The second-order valence-corrected chi connectivity index (χ2v) is 6.10. The molecule has 0 radical (unpaired) electrons. The fourth-order valence-corrected chi connectivity index (χ4v) is 3.86. The molecule has 1 aromatic rings. The molecule has 0 unspecified atom stereocenters. The van der Waals surface area contributed by atoms with Gasteiger partial charge in [-0.1, -0.05) is 0 Å². The Hall–Kier alpha value is -1.01. The molecule has 2 atom stereocenters. The maximum atomic E-state index is 12.1. The minimum atomic E-state index is -0.757. The van der Waals surface area contributed by atoms with Crippen molar-refractivity contribution >= 4 is 35.0 Å².